The molecule has 5 heteroatoms. The molecule has 1 aliphatic rings. The van der Waals surface area contributed by atoms with Gasteiger partial charge in [-0.2, -0.15) is 0 Å². The van der Waals surface area contributed by atoms with Crippen LogP contribution in [0, 0.1) is 0 Å². The topological polar surface area (TPSA) is 42.0 Å². The van der Waals surface area contributed by atoms with Gasteiger partial charge >= 0.3 is 6.09 Å². The van der Waals surface area contributed by atoms with E-state index in [-0.39, 0.29) is 11.7 Å². The molecule has 1 fully saturated rings. The lowest BCUT2D eigenvalue weighted by molar-refractivity contribution is -0.0967. The zero-order valence-corrected chi connectivity index (χ0v) is 16.0. The highest BCUT2D eigenvalue weighted by atomic mass is 16.6. The lowest BCUT2D eigenvalue weighted by Crippen LogP contribution is -2.53. The van der Waals surface area contributed by atoms with Gasteiger partial charge in [0, 0.05) is 13.1 Å². The summed E-state index contributed by atoms with van der Waals surface area (Å²) in [5.74, 6) is 0. The van der Waals surface area contributed by atoms with E-state index in [4.69, 9.17) is 9.47 Å². The van der Waals surface area contributed by atoms with Crippen LogP contribution in [0.2, 0.25) is 0 Å². The van der Waals surface area contributed by atoms with E-state index in [1.54, 1.807) is 0 Å². The molecule has 1 atom stereocenters. The van der Waals surface area contributed by atoms with Crippen molar-refractivity contribution >= 4 is 6.09 Å². The number of hydrogen-bond acceptors (Lipinski definition) is 4. The Morgan fingerprint density at radius 1 is 1.22 bits per heavy atom. The van der Waals surface area contributed by atoms with Gasteiger partial charge in [0.15, 0.2) is 0 Å². The lowest BCUT2D eigenvalue weighted by Gasteiger charge is -2.42. The predicted molar refractivity (Wildman–Crippen MR) is 93.8 cm³/mol. The second-order valence-corrected chi connectivity index (χ2v) is 7.42. The van der Waals surface area contributed by atoms with Crippen LogP contribution in [0.25, 0.3) is 0 Å². The number of nitrogens with zero attached hydrogens (tertiary/aromatic N) is 2. The Morgan fingerprint density at radius 2 is 1.87 bits per heavy atom. The molecule has 1 aliphatic heterocycles. The molecule has 0 aromatic heterocycles. The number of likely N-dealkylation sites (N-methyl/N-ethyl adjacent to an activating group) is 1. The van der Waals surface area contributed by atoms with Gasteiger partial charge in [-0.15, -0.1) is 0 Å². The van der Waals surface area contributed by atoms with Gasteiger partial charge in [-0.1, -0.05) is 20.8 Å². The molecule has 0 spiro atoms. The second kappa shape index (κ2) is 8.88. The summed E-state index contributed by atoms with van der Waals surface area (Å²) in [6.07, 6.45) is 2.69. The van der Waals surface area contributed by atoms with Gasteiger partial charge in [-0.25, -0.2) is 4.79 Å². The van der Waals surface area contributed by atoms with Crippen LogP contribution in [0.3, 0.4) is 0 Å². The van der Waals surface area contributed by atoms with Gasteiger partial charge in [-0.05, 0) is 53.1 Å². The Kier molecular flexibility index (Phi) is 7.81. The highest BCUT2D eigenvalue weighted by Gasteiger charge is 2.38. The number of rotatable bonds is 7. The lowest BCUT2D eigenvalue weighted by atomic mass is 9.90. The van der Waals surface area contributed by atoms with E-state index in [1.807, 2.05) is 25.7 Å². The first-order valence-electron chi connectivity index (χ1n) is 9.09. The maximum atomic E-state index is 12.3. The van der Waals surface area contributed by atoms with Crippen molar-refractivity contribution in [2.45, 2.75) is 72.0 Å². The zero-order chi connectivity index (χ0) is 17.5. The van der Waals surface area contributed by atoms with Crippen LogP contribution < -0.4 is 0 Å². The number of likely N-dealkylation sites (tertiary alicyclic amines) is 1. The summed E-state index contributed by atoms with van der Waals surface area (Å²) in [5, 5.41) is 0. The van der Waals surface area contributed by atoms with E-state index in [0.717, 1.165) is 52.0 Å². The van der Waals surface area contributed by atoms with Crippen LogP contribution >= 0.6 is 0 Å². The molecule has 136 valence electrons. The molecule has 1 heterocycles. The van der Waals surface area contributed by atoms with Crippen molar-refractivity contribution in [1.29, 1.82) is 0 Å². The molecule has 0 bridgehead atoms. The maximum absolute atomic E-state index is 12.3. The van der Waals surface area contributed by atoms with Gasteiger partial charge in [-0.3, -0.25) is 0 Å². The van der Waals surface area contributed by atoms with E-state index >= 15 is 0 Å². The summed E-state index contributed by atoms with van der Waals surface area (Å²) >= 11 is 0. The SMILES string of the molecule is CCN(CC)CCOC1(CC)CCCN(C(=O)OC(C)(C)C)C1. The number of piperidine rings is 1. The number of carbonyl (C=O) groups is 1. The monoisotopic (exact) mass is 328 g/mol. The van der Waals surface area contributed by atoms with Crippen LogP contribution in [-0.2, 0) is 9.47 Å². The normalized spacial score (nSPS) is 22.5. The van der Waals surface area contributed by atoms with Crippen LogP contribution in [0.5, 0.6) is 0 Å². The summed E-state index contributed by atoms with van der Waals surface area (Å²) in [7, 11) is 0. The highest BCUT2D eigenvalue weighted by molar-refractivity contribution is 5.68. The molecular formula is C18H36N2O3. The predicted octanol–water partition coefficient (Wildman–Crippen LogP) is 3.52. The molecule has 0 saturated carbocycles. The van der Waals surface area contributed by atoms with Crippen molar-refractivity contribution in [2.24, 2.45) is 0 Å². The van der Waals surface area contributed by atoms with Gasteiger partial charge in [0.2, 0.25) is 0 Å². The van der Waals surface area contributed by atoms with E-state index in [1.165, 1.54) is 0 Å². The molecular weight excluding hydrogens is 292 g/mol. The largest absolute Gasteiger partial charge is 0.444 e. The van der Waals surface area contributed by atoms with E-state index in [2.05, 4.69) is 25.7 Å². The summed E-state index contributed by atoms with van der Waals surface area (Å²) in [6.45, 7) is 17.4. The molecule has 23 heavy (non-hydrogen) atoms. The molecule has 1 rings (SSSR count). The Morgan fingerprint density at radius 3 is 2.39 bits per heavy atom. The number of amides is 1. The standard InChI is InChI=1S/C18H36N2O3/c1-7-18(22-14-13-19(8-2)9-3)11-10-12-20(15-18)16(21)23-17(4,5)6/h7-15H2,1-6H3. The summed E-state index contributed by atoms with van der Waals surface area (Å²) in [6, 6.07) is 0. The number of carbonyl (C=O) groups excluding carboxylic acids is 1. The fraction of sp³-hybridized carbons (Fsp3) is 0.944. The Balaban J connectivity index is 2.58. The average Bonchev–Trinajstić information content (AvgIpc) is 2.50. The van der Waals surface area contributed by atoms with Gasteiger partial charge < -0.3 is 19.3 Å². The molecule has 1 saturated heterocycles. The maximum Gasteiger partial charge on any atom is 0.410 e. The van der Waals surface area contributed by atoms with Crippen molar-refractivity contribution < 1.29 is 14.3 Å². The minimum absolute atomic E-state index is 0.220. The molecule has 0 aromatic carbocycles. The summed E-state index contributed by atoms with van der Waals surface area (Å²) in [5.41, 5.74) is -0.671. The molecule has 0 N–H and O–H groups in total. The third-order valence-corrected chi connectivity index (χ3v) is 4.55. The van der Waals surface area contributed by atoms with E-state index < -0.39 is 5.60 Å². The first-order valence-corrected chi connectivity index (χ1v) is 9.09. The molecule has 0 aromatic rings. The van der Waals surface area contributed by atoms with Gasteiger partial charge in [0.25, 0.3) is 0 Å². The van der Waals surface area contributed by atoms with Crippen molar-refractivity contribution in [3.63, 3.8) is 0 Å². The van der Waals surface area contributed by atoms with Crippen LogP contribution in [0.4, 0.5) is 4.79 Å². The molecule has 1 unspecified atom stereocenters. The Hall–Kier alpha value is -0.810. The first kappa shape index (κ1) is 20.2. The quantitative estimate of drug-likeness (QED) is 0.717. The molecule has 1 amide bonds. The fourth-order valence-electron chi connectivity index (χ4n) is 3.02. The Labute approximate surface area is 142 Å². The van der Waals surface area contributed by atoms with Crippen LogP contribution in [0.15, 0.2) is 0 Å². The summed E-state index contributed by atoms with van der Waals surface area (Å²) < 4.78 is 11.8. The van der Waals surface area contributed by atoms with Crippen molar-refractivity contribution in [1.82, 2.24) is 9.80 Å². The minimum atomic E-state index is -0.451. The number of ether oxygens (including phenoxy) is 2. The van der Waals surface area contributed by atoms with Crippen molar-refractivity contribution in [3.05, 3.63) is 0 Å². The molecule has 0 radical (unpaired) electrons. The fourth-order valence-corrected chi connectivity index (χ4v) is 3.02. The third kappa shape index (κ3) is 6.68. The van der Waals surface area contributed by atoms with Gasteiger partial charge in [0.05, 0.1) is 18.8 Å². The van der Waals surface area contributed by atoms with Gasteiger partial charge in [0.1, 0.15) is 5.60 Å². The molecule has 5 nitrogen and oxygen atoms in total. The van der Waals surface area contributed by atoms with Crippen LogP contribution in [-0.4, -0.2) is 66.4 Å². The number of hydrogen-bond donors (Lipinski definition) is 0. The summed E-state index contributed by atoms with van der Waals surface area (Å²) in [4.78, 5) is 16.5. The third-order valence-electron chi connectivity index (χ3n) is 4.55. The van der Waals surface area contributed by atoms with Crippen molar-refractivity contribution in [2.75, 3.05) is 39.3 Å². The zero-order valence-electron chi connectivity index (χ0n) is 16.0. The van der Waals surface area contributed by atoms with E-state index in [0.29, 0.717) is 6.54 Å². The molecule has 0 aliphatic carbocycles. The van der Waals surface area contributed by atoms with E-state index in [9.17, 15) is 4.79 Å². The highest BCUT2D eigenvalue weighted by Crippen LogP contribution is 2.29. The average molecular weight is 328 g/mol. The van der Waals surface area contributed by atoms with Crippen LogP contribution in [0.1, 0.15) is 60.8 Å². The Bertz CT molecular complexity index is 364. The second-order valence-electron chi connectivity index (χ2n) is 7.42. The smallest absolute Gasteiger partial charge is 0.410 e. The minimum Gasteiger partial charge on any atom is -0.444 e. The van der Waals surface area contributed by atoms with Crippen molar-refractivity contribution in [3.8, 4) is 0 Å². The first-order chi connectivity index (χ1) is 10.7.